The molecule has 0 saturated carbocycles. The van der Waals surface area contributed by atoms with Gasteiger partial charge in [-0.15, -0.1) is 0 Å². The molecule has 3 atom stereocenters. The van der Waals surface area contributed by atoms with Gasteiger partial charge < -0.3 is 4.74 Å². The average Bonchev–Trinajstić information content (AvgIpc) is 2.73. The normalized spacial score (nSPS) is 25.0. The summed E-state index contributed by atoms with van der Waals surface area (Å²) in [6.07, 6.45) is -0.222. The summed E-state index contributed by atoms with van der Waals surface area (Å²) in [5, 5.41) is 1.88. The Kier molecular flexibility index (Phi) is 6.07. The molecule has 0 radical (unpaired) electrons. The number of methoxy groups -OCH3 is 1. The van der Waals surface area contributed by atoms with E-state index >= 15 is 0 Å². The summed E-state index contributed by atoms with van der Waals surface area (Å²) < 4.78 is 46.6. The summed E-state index contributed by atoms with van der Waals surface area (Å²) in [7, 11) is 1.60. The number of rotatable bonds is 4. The molecular weight excluding hydrogens is 389 g/mol. The molecule has 0 spiro atoms. The van der Waals surface area contributed by atoms with Crippen LogP contribution in [0.25, 0.3) is 0 Å². The smallest absolute Gasteiger partial charge is 0.395 e. The third kappa shape index (κ3) is 4.21. The van der Waals surface area contributed by atoms with Crippen molar-refractivity contribution in [2.75, 3.05) is 13.7 Å². The third-order valence-electron chi connectivity index (χ3n) is 6.67. The van der Waals surface area contributed by atoms with E-state index in [1.807, 2.05) is 29.3 Å². The first kappa shape index (κ1) is 21.2. The molecule has 1 unspecified atom stereocenters. The Balaban J connectivity index is 1.69. The molecule has 2 aromatic carbocycles. The number of hydrogen-bond donors (Lipinski definition) is 1. The van der Waals surface area contributed by atoms with Gasteiger partial charge in [0.2, 0.25) is 0 Å². The zero-order valence-electron chi connectivity index (χ0n) is 17.3. The highest BCUT2D eigenvalue weighted by molar-refractivity contribution is 5.46. The van der Waals surface area contributed by atoms with E-state index in [4.69, 9.17) is 10.6 Å². The van der Waals surface area contributed by atoms with Gasteiger partial charge in [-0.3, -0.25) is 5.84 Å². The van der Waals surface area contributed by atoms with Crippen molar-refractivity contribution in [1.82, 2.24) is 5.01 Å². The second kappa shape index (κ2) is 8.60. The number of benzene rings is 2. The topological polar surface area (TPSA) is 38.5 Å². The highest BCUT2D eigenvalue weighted by atomic mass is 19.4. The van der Waals surface area contributed by atoms with E-state index < -0.39 is 12.1 Å². The first-order valence-corrected chi connectivity index (χ1v) is 10.7. The quantitative estimate of drug-likeness (QED) is 0.662. The minimum absolute atomic E-state index is 0.0408. The van der Waals surface area contributed by atoms with Gasteiger partial charge in [-0.1, -0.05) is 36.4 Å². The Labute approximate surface area is 176 Å². The Bertz CT molecular complexity index is 869. The summed E-state index contributed by atoms with van der Waals surface area (Å²) in [6.45, 7) is 0.813. The number of nitrogens with zero attached hydrogens (tertiary/aromatic N) is 1. The zero-order valence-corrected chi connectivity index (χ0v) is 17.3. The van der Waals surface area contributed by atoms with Gasteiger partial charge in [0.15, 0.2) is 0 Å². The van der Waals surface area contributed by atoms with Crippen LogP contribution >= 0.6 is 0 Å². The summed E-state index contributed by atoms with van der Waals surface area (Å²) in [4.78, 5) is 0. The van der Waals surface area contributed by atoms with E-state index in [-0.39, 0.29) is 18.4 Å². The van der Waals surface area contributed by atoms with Crippen LogP contribution in [0.3, 0.4) is 0 Å². The number of ether oxygens (including phenoxy) is 1. The van der Waals surface area contributed by atoms with Crippen LogP contribution in [0, 0.1) is 5.92 Å². The fourth-order valence-corrected chi connectivity index (χ4v) is 5.28. The molecule has 1 saturated heterocycles. The van der Waals surface area contributed by atoms with Crippen molar-refractivity contribution in [3.05, 3.63) is 64.7 Å². The van der Waals surface area contributed by atoms with Crippen LogP contribution in [0.5, 0.6) is 5.75 Å². The van der Waals surface area contributed by atoms with Crippen LogP contribution in [-0.4, -0.2) is 24.8 Å². The second-order valence-corrected chi connectivity index (χ2v) is 8.55. The number of hydrazine groups is 1. The maximum absolute atomic E-state index is 13.7. The van der Waals surface area contributed by atoms with E-state index in [2.05, 4.69) is 12.1 Å². The molecule has 1 heterocycles. The lowest BCUT2D eigenvalue weighted by molar-refractivity contribution is -0.153. The SMILES string of the molecule is COc1cc2c(cc1C[C@@H]1CCCN(N)[C@@H]1c1ccccc1)C(C(F)(F)F)CCC2. The van der Waals surface area contributed by atoms with E-state index in [1.54, 1.807) is 13.2 Å². The van der Waals surface area contributed by atoms with Crippen LogP contribution in [0.1, 0.15) is 59.9 Å². The van der Waals surface area contributed by atoms with E-state index in [0.717, 1.165) is 36.1 Å². The highest BCUT2D eigenvalue weighted by Gasteiger charge is 2.43. The maximum Gasteiger partial charge on any atom is 0.395 e. The van der Waals surface area contributed by atoms with Gasteiger partial charge in [-0.05, 0) is 72.8 Å². The predicted octanol–water partition coefficient (Wildman–Crippen LogP) is 5.55. The Morgan fingerprint density at radius 3 is 2.57 bits per heavy atom. The van der Waals surface area contributed by atoms with E-state index in [9.17, 15) is 13.2 Å². The van der Waals surface area contributed by atoms with Gasteiger partial charge >= 0.3 is 6.18 Å². The van der Waals surface area contributed by atoms with Crippen molar-refractivity contribution in [3.8, 4) is 5.75 Å². The van der Waals surface area contributed by atoms with Crippen molar-refractivity contribution in [1.29, 1.82) is 0 Å². The highest BCUT2D eigenvalue weighted by Crippen LogP contribution is 2.46. The van der Waals surface area contributed by atoms with Crippen LogP contribution in [0.2, 0.25) is 0 Å². The fourth-order valence-electron chi connectivity index (χ4n) is 5.28. The van der Waals surface area contributed by atoms with Crippen molar-refractivity contribution < 1.29 is 17.9 Å². The van der Waals surface area contributed by atoms with Gasteiger partial charge in [0.1, 0.15) is 5.75 Å². The molecule has 162 valence electrons. The van der Waals surface area contributed by atoms with Crippen molar-refractivity contribution in [3.63, 3.8) is 0 Å². The molecular formula is C24H29F3N2O. The molecule has 1 aliphatic heterocycles. The monoisotopic (exact) mass is 418 g/mol. The van der Waals surface area contributed by atoms with Crippen LogP contribution in [-0.2, 0) is 12.8 Å². The van der Waals surface area contributed by atoms with Gasteiger partial charge in [0.25, 0.3) is 0 Å². The fraction of sp³-hybridized carbons (Fsp3) is 0.500. The molecule has 3 nitrogen and oxygen atoms in total. The van der Waals surface area contributed by atoms with Crippen LogP contribution in [0.15, 0.2) is 42.5 Å². The number of nitrogens with two attached hydrogens (primary N) is 1. The Morgan fingerprint density at radius 2 is 1.87 bits per heavy atom. The summed E-state index contributed by atoms with van der Waals surface area (Å²) in [5.74, 6) is 5.89. The van der Waals surface area contributed by atoms with Crippen molar-refractivity contribution in [2.45, 2.75) is 56.7 Å². The number of hydrogen-bond acceptors (Lipinski definition) is 3. The number of halogens is 3. The first-order chi connectivity index (χ1) is 14.4. The van der Waals surface area contributed by atoms with Gasteiger partial charge in [0.05, 0.1) is 19.1 Å². The largest absolute Gasteiger partial charge is 0.496 e. The zero-order chi connectivity index (χ0) is 21.3. The van der Waals surface area contributed by atoms with Crippen LogP contribution in [0.4, 0.5) is 13.2 Å². The average molecular weight is 419 g/mol. The number of aryl methyl sites for hydroxylation is 1. The second-order valence-electron chi connectivity index (χ2n) is 8.55. The summed E-state index contributed by atoms with van der Waals surface area (Å²) in [5.41, 5.74) is 3.21. The lowest BCUT2D eigenvalue weighted by Gasteiger charge is -2.39. The van der Waals surface area contributed by atoms with Crippen molar-refractivity contribution in [2.24, 2.45) is 11.8 Å². The standard InChI is InChI=1S/C24H29F3N2O/c1-30-22-15-17-9-5-11-21(24(25,26)27)20(17)14-19(22)13-18-10-6-12-29(28)23(18)16-7-3-2-4-8-16/h2-4,7-8,14-15,18,21,23H,5-6,9-13,28H2,1H3/t18-,21?,23+/m0/s1. The van der Waals surface area contributed by atoms with Gasteiger partial charge in [0, 0.05) is 6.54 Å². The maximum atomic E-state index is 13.7. The van der Waals surface area contributed by atoms with Crippen molar-refractivity contribution >= 4 is 0 Å². The molecule has 4 rings (SSSR count). The molecule has 0 amide bonds. The third-order valence-corrected chi connectivity index (χ3v) is 6.67. The predicted molar refractivity (Wildman–Crippen MR) is 111 cm³/mol. The molecule has 0 bridgehead atoms. The summed E-state index contributed by atoms with van der Waals surface area (Å²) >= 11 is 0. The molecule has 6 heteroatoms. The number of alkyl halides is 3. The first-order valence-electron chi connectivity index (χ1n) is 10.7. The molecule has 2 aromatic rings. The van der Waals surface area contributed by atoms with Gasteiger partial charge in [-0.25, -0.2) is 5.01 Å². The van der Waals surface area contributed by atoms with E-state index in [0.29, 0.717) is 30.6 Å². The lowest BCUT2D eigenvalue weighted by Crippen LogP contribution is -2.44. The van der Waals surface area contributed by atoms with E-state index in [1.165, 1.54) is 0 Å². The number of fused-ring (bicyclic) bond motifs is 1. The number of piperidine rings is 1. The molecule has 1 aliphatic carbocycles. The minimum Gasteiger partial charge on any atom is -0.496 e. The Hall–Kier alpha value is -2.05. The van der Waals surface area contributed by atoms with Gasteiger partial charge in [-0.2, -0.15) is 13.2 Å². The molecule has 30 heavy (non-hydrogen) atoms. The summed E-state index contributed by atoms with van der Waals surface area (Å²) in [6, 6.07) is 13.8. The molecule has 2 N–H and O–H groups in total. The van der Waals surface area contributed by atoms with Crippen LogP contribution < -0.4 is 10.6 Å². The molecule has 0 aromatic heterocycles. The molecule has 1 fully saturated rings. The lowest BCUT2D eigenvalue weighted by atomic mass is 9.78. The molecule has 2 aliphatic rings. The minimum atomic E-state index is -4.22. The Morgan fingerprint density at radius 1 is 1.10 bits per heavy atom.